The van der Waals surface area contributed by atoms with Crippen LogP contribution in [0.15, 0.2) is 10.7 Å². The number of hydrogen-bond acceptors (Lipinski definition) is 4. The molecule has 94 valence electrons. The number of nitrogens with zero attached hydrogens (tertiary/aromatic N) is 3. The monoisotopic (exact) mass is 320 g/mol. The third-order valence-electron chi connectivity index (χ3n) is 2.27. The molecule has 0 aliphatic rings. The molecule has 1 amide bonds. The third kappa shape index (κ3) is 4.12. The summed E-state index contributed by atoms with van der Waals surface area (Å²) in [4.78, 5) is 21.2. The molecule has 1 aromatic heterocycles. The highest BCUT2D eigenvalue weighted by Gasteiger charge is 2.12. The molecule has 0 atom stereocenters. The highest BCUT2D eigenvalue weighted by atomic mass is 79.9. The Morgan fingerprint density at radius 3 is 2.94 bits per heavy atom. The van der Waals surface area contributed by atoms with Crippen LogP contribution in [0.1, 0.15) is 13.3 Å². The van der Waals surface area contributed by atoms with Crippen LogP contribution in [-0.2, 0) is 4.79 Å². The first-order chi connectivity index (χ1) is 8.08. The number of carbonyl (C=O) groups excluding carboxylic acids is 1. The van der Waals surface area contributed by atoms with Gasteiger partial charge in [0.1, 0.15) is 5.82 Å². The number of rotatable bonds is 5. The molecule has 1 heterocycles. The molecule has 0 fully saturated rings. The number of anilines is 1. The summed E-state index contributed by atoms with van der Waals surface area (Å²) in [6.45, 7) is 3.32. The number of nitrogens with one attached hydrogen (secondary N) is 1. The Balaban J connectivity index is 2.78. The van der Waals surface area contributed by atoms with Crippen LogP contribution in [-0.4, -0.2) is 36.0 Å². The normalized spacial score (nSPS) is 10.1. The average molecular weight is 322 g/mol. The molecule has 0 spiro atoms. The van der Waals surface area contributed by atoms with Crippen molar-refractivity contribution >= 4 is 39.3 Å². The van der Waals surface area contributed by atoms with Gasteiger partial charge in [0, 0.05) is 32.8 Å². The fraction of sp³-hybridized carbons (Fsp3) is 0.500. The molecule has 0 unspecified atom stereocenters. The van der Waals surface area contributed by atoms with Gasteiger partial charge in [-0.05, 0) is 34.5 Å². The summed E-state index contributed by atoms with van der Waals surface area (Å²) in [5, 5.41) is 2.78. The van der Waals surface area contributed by atoms with Crippen LogP contribution in [0.4, 0.5) is 5.82 Å². The van der Waals surface area contributed by atoms with Crippen LogP contribution in [0.5, 0.6) is 0 Å². The van der Waals surface area contributed by atoms with Crippen molar-refractivity contribution in [1.29, 1.82) is 0 Å². The summed E-state index contributed by atoms with van der Waals surface area (Å²) in [6, 6.07) is 0. The zero-order valence-corrected chi connectivity index (χ0v) is 12.0. The molecule has 7 heteroatoms. The van der Waals surface area contributed by atoms with Crippen molar-refractivity contribution in [3.05, 3.63) is 16.0 Å². The molecule has 0 aromatic carbocycles. The number of aromatic nitrogens is 2. The van der Waals surface area contributed by atoms with E-state index in [1.807, 2.05) is 11.8 Å². The molecule has 0 saturated heterocycles. The summed E-state index contributed by atoms with van der Waals surface area (Å²) in [6.07, 6.45) is 2.02. The maximum absolute atomic E-state index is 11.2. The predicted molar refractivity (Wildman–Crippen MR) is 71.3 cm³/mol. The zero-order chi connectivity index (χ0) is 12.8. The van der Waals surface area contributed by atoms with E-state index in [1.165, 1.54) is 0 Å². The van der Waals surface area contributed by atoms with E-state index in [0.29, 0.717) is 18.8 Å². The SMILES string of the molecule is CCN(CCC(=O)NC)c1nc(Cl)ncc1Br. The van der Waals surface area contributed by atoms with Gasteiger partial charge in [0.25, 0.3) is 0 Å². The van der Waals surface area contributed by atoms with Gasteiger partial charge in [0.15, 0.2) is 0 Å². The standard InChI is InChI=1S/C10H14BrClN4O/c1-3-16(5-4-8(17)13-2)9-7(11)6-14-10(12)15-9/h6H,3-5H2,1-2H3,(H,13,17). The Bertz CT molecular complexity index is 402. The Kier molecular flexibility index (Phi) is 5.64. The number of hydrogen-bond donors (Lipinski definition) is 1. The minimum absolute atomic E-state index is 0.000254. The van der Waals surface area contributed by atoms with Crippen molar-refractivity contribution in [3.8, 4) is 0 Å². The maximum atomic E-state index is 11.2. The molecule has 0 aliphatic carbocycles. The number of carbonyl (C=O) groups is 1. The fourth-order valence-electron chi connectivity index (χ4n) is 1.33. The van der Waals surface area contributed by atoms with Crippen molar-refractivity contribution in [3.63, 3.8) is 0 Å². The number of halogens is 2. The second-order valence-electron chi connectivity index (χ2n) is 3.31. The smallest absolute Gasteiger partial charge is 0.224 e. The van der Waals surface area contributed by atoms with Crippen molar-refractivity contribution in [2.24, 2.45) is 0 Å². The molecule has 17 heavy (non-hydrogen) atoms. The van der Waals surface area contributed by atoms with E-state index in [0.717, 1.165) is 11.0 Å². The molecular formula is C10H14BrClN4O. The summed E-state index contributed by atoms with van der Waals surface area (Å²) < 4.78 is 0.764. The van der Waals surface area contributed by atoms with Crippen molar-refractivity contribution in [1.82, 2.24) is 15.3 Å². The lowest BCUT2D eigenvalue weighted by Crippen LogP contribution is -2.30. The van der Waals surface area contributed by atoms with Crippen LogP contribution < -0.4 is 10.2 Å². The van der Waals surface area contributed by atoms with Crippen LogP contribution in [0.2, 0.25) is 5.28 Å². The van der Waals surface area contributed by atoms with Gasteiger partial charge >= 0.3 is 0 Å². The molecule has 5 nitrogen and oxygen atoms in total. The van der Waals surface area contributed by atoms with Gasteiger partial charge in [-0.15, -0.1) is 0 Å². The molecular weight excluding hydrogens is 307 g/mol. The molecule has 1 aromatic rings. The largest absolute Gasteiger partial charge is 0.359 e. The Morgan fingerprint density at radius 1 is 1.65 bits per heavy atom. The molecule has 0 radical (unpaired) electrons. The highest BCUT2D eigenvalue weighted by Crippen LogP contribution is 2.24. The first kappa shape index (κ1) is 14.2. The number of amides is 1. The minimum atomic E-state index is -0.000254. The quantitative estimate of drug-likeness (QED) is 0.841. The first-order valence-corrected chi connectivity index (χ1v) is 6.39. The van der Waals surface area contributed by atoms with Crippen LogP contribution >= 0.6 is 27.5 Å². The Morgan fingerprint density at radius 2 is 2.35 bits per heavy atom. The van der Waals surface area contributed by atoms with E-state index in [1.54, 1.807) is 13.2 Å². The highest BCUT2D eigenvalue weighted by molar-refractivity contribution is 9.10. The third-order valence-corrected chi connectivity index (χ3v) is 3.01. The molecule has 0 aliphatic heterocycles. The first-order valence-electron chi connectivity index (χ1n) is 5.22. The molecule has 0 saturated carbocycles. The van der Waals surface area contributed by atoms with E-state index < -0.39 is 0 Å². The second-order valence-corrected chi connectivity index (χ2v) is 4.51. The summed E-state index contributed by atoms with van der Waals surface area (Å²) in [7, 11) is 1.62. The molecule has 0 bridgehead atoms. The maximum Gasteiger partial charge on any atom is 0.224 e. The van der Waals surface area contributed by atoms with Crippen LogP contribution in [0.25, 0.3) is 0 Å². The van der Waals surface area contributed by atoms with Gasteiger partial charge in [-0.25, -0.2) is 4.98 Å². The fourth-order valence-corrected chi connectivity index (χ4v) is 1.91. The van der Waals surface area contributed by atoms with Gasteiger partial charge in [-0.2, -0.15) is 4.98 Å². The lowest BCUT2D eigenvalue weighted by atomic mass is 10.3. The van der Waals surface area contributed by atoms with Gasteiger partial charge in [-0.1, -0.05) is 0 Å². The predicted octanol–water partition coefficient (Wildman–Crippen LogP) is 1.85. The van der Waals surface area contributed by atoms with E-state index in [2.05, 4.69) is 31.2 Å². The van der Waals surface area contributed by atoms with E-state index in [4.69, 9.17) is 11.6 Å². The zero-order valence-electron chi connectivity index (χ0n) is 9.70. The van der Waals surface area contributed by atoms with Gasteiger partial charge in [-0.3, -0.25) is 4.79 Å². The second kappa shape index (κ2) is 6.76. The molecule has 1 N–H and O–H groups in total. The summed E-state index contributed by atoms with van der Waals surface area (Å²) >= 11 is 9.13. The Labute approximate surface area is 114 Å². The van der Waals surface area contributed by atoms with Gasteiger partial charge < -0.3 is 10.2 Å². The van der Waals surface area contributed by atoms with Crippen molar-refractivity contribution in [2.75, 3.05) is 25.0 Å². The lowest BCUT2D eigenvalue weighted by molar-refractivity contribution is -0.120. The van der Waals surface area contributed by atoms with Crippen molar-refractivity contribution < 1.29 is 4.79 Å². The lowest BCUT2D eigenvalue weighted by Gasteiger charge is -2.22. The average Bonchev–Trinajstić information content (AvgIpc) is 2.33. The summed E-state index contributed by atoms with van der Waals surface area (Å²) in [5.41, 5.74) is 0. The van der Waals surface area contributed by atoms with E-state index in [-0.39, 0.29) is 11.2 Å². The van der Waals surface area contributed by atoms with Gasteiger partial charge in [0.2, 0.25) is 11.2 Å². The van der Waals surface area contributed by atoms with Gasteiger partial charge in [0.05, 0.1) is 4.47 Å². The Hall–Kier alpha value is -0.880. The van der Waals surface area contributed by atoms with E-state index in [9.17, 15) is 4.79 Å². The van der Waals surface area contributed by atoms with E-state index >= 15 is 0 Å². The molecule has 1 rings (SSSR count). The van der Waals surface area contributed by atoms with Crippen molar-refractivity contribution in [2.45, 2.75) is 13.3 Å². The summed E-state index contributed by atoms with van der Waals surface area (Å²) in [5.74, 6) is 0.705. The van der Waals surface area contributed by atoms with Crippen LogP contribution in [0, 0.1) is 0 Å². The minimum Gasteiger partial charge on any atom is -0.359 e. The topological polar surface area (TPSA) is 58.1 Å². The van der Waals surface area contributed by atoms with Crippen LogP contribution in [0.3, 0.4) is 0 Å².